The first-order valence-electron chi connectivity index (χ1n) is 9.72. The zero-order valence-corrected chi connectivity index (χ0v) is 14.9. The lowest BCUT2D eigenvalue weighted by Crippen LogP contribution is -2.47. The molecule has 136 valence electrons. The molecule has 3 rings (SSSR count). The van der Waals surface area contributed by atoms with Crippen molar-refractivity contribution in [2.45, 2.75) is 69.7 Å². The molecule has 1 saturated heterocycles. The lowest BCUT2D eigenvalue weighted by Gasteiger charge is -2.39. The Hall–Kier alpha value is -1.84. The molecule has 4 heteroatoms. The second kappa shape index (κ2) is 8.50. The fraction of sp³-hybridized carbons (Fsp3) is 0.619. The highest BCUT2D eigenvalue weighted by molar-refractivity contribution is 5.79. The maximum Gasteiger partial charge on any atom is 0.303 e. The van der Waals surface area contributed by atoms with E-state index < -0.39 is 5.97 Å². The third kappa shape index (κ3) is 4.62. The summed E-state index contributed by atoms with van der Waals surface area (Å²) in [5.74, 6) is 0.225. The maximum absolute atomic E-state index is 13.0. The predicted octanol–water partition coefficient (Wildman–Crippen LogP) is 4.21. The largest absolute Gasteiger partial charge is 0.481 e. The molecule has 1 aliphatic carbocycles. The van der Waals surface area contributed by atoms with Crippen LogP contribution in [-0.2, 0) is 9.59 Å². The fourth-order valence-electron chi connectivity index (χ4n) is 4.51. The summed E-state index contributed by atoms with van der Waals surface area (Å²) in [5, 5.41) is 8.95. The molecule has 1 heterocycles. The molecule has 1 amide bonds. The van der Waals surface area contributed by atoms with E-state index in [9.17, 15) is 9.59 Å². The number of benzene rings is 1. The number of carboxylic acids is 1. The molecule has 1 aromatic rings. The minimum Gasteiger partial charge on any atom is -0.481 e. The summed E-state index contributed by atoms with van der Waals surface area (Å²) in [7, 11) is 0. The van der Waals surface area contributed by atoms with Crippen molar-refractivity contribution in [1.82, 2.24) is 4.90 Å². The van der Waals surface area contributed by atoms with E-state index in [1.165, 1.54) is 5.56 Å². The van der Waals surface area contributed by atoms with Gasteiger partial charge in [-0.2, -0.15) is 0 Å². The van der Waals surface area contributed by atoms with Crippen molar-refractivity contribution in [1.29, 1.82) is 0 Å². The number of hydrogen-bond acceptors (Lipinski definition) is 2. The smallest absolute Gasteiger partial charge is 0.303 e. The quantitative estimate of drug-likeness (QED) is 0.871. The summed E-state index contributed by atoms with van der Waals surface area (Å²) < 4.78 is 0. The predicted molar refractivity (Wildman–Crippen MR) is 97.4 cm³/mol. The van der Waals surface area contributed by atoms with E-state index >= 15 is 0 Å². The fourth-order valence-corrected chi connectivity index (χ4v) is 4.51. The highest BCUT2D eigenvalue weighted by Gasteiger charge is 2.34. The minimum absolute atomic E-state index is 0.129. The second-order valence-electron chi connectivity index (χ2n) is 7.57. The molecular formula is C21H29NO3. The number of aliphatic carboxylic acids is 1. The number of piperidine rings is 1. The van der Waals surface area contributed by atoms with Crippen molar-refractivity contribution in [3.8, 4) is 0 Å². The lowest BCUT2D eigenvalue weighted by molar-refractivity contribution is -0.143. The zero-order chi connectivity index (χ0) is 17.6. The Morgan fingerprint density at radius 3 is 2.40 bits per heavy atom. The van der Waals surface area contributed by atoms with Crippen LogP contribution in [0, 0.1) is 5.92 Å². The van der Waals surface area contributed by atoms with Gasteiger partial charge in [-0.15, -0.1) is 0 Å². The zero-order valence-electron chi connectivity index (χ0n) is 14.9. The summed E-state index contributed by atoms with van der Waals surface area (Å²) in [5.41, 5.74) is 1.39. The lowest BCUT2D eigenvalue weighted by atomic mass is 9.78. The highest BCUT2D eigenvalue weighted by atomic mass is 16.4. The summed E-state index contributed by atoms with van der Waals surface area (Å²) in [6.45, 7) is 0.807. The Kier molecular flexibility index (Phi) is 6.11. The van der Waals surface area contributed by atoms with Gasteiger partial charge in [-0.25, -0.2) is 0 Å². The van der Waals surface area contributed by atoms with Crippen molar-refractivity contribution >= 4 is 11.9 Å². The van der Waals surface area contributed by atoms with Crippen LogP contribution >= 0.6 is 0 Å². The Bertz CT molecular complexity index is 578. The maximum atomic E-state index is 13.0. The Labute approximate surface area is 150 Å². The van der Waals surface area contributed by atoms with E-state index in [4.69, 9.17) is 5.11 Å². The number of likely N-dealkylation sites (tertiary alicyclic amines) is 1. The third-order valence-corrected chi connectivity index (χ3v) is 5.95. The van der Waals surface area contributed by atoms with Crippen LogP contribution in [0.5, 0.6) is 0 Å². The molecule has 4 nitrogen and oxygen atoms in total. The molecule has 2 aliphatic rings. The van der Waals surface area contributed by atoms with E-state index in [1.807, 2.05) is 11.0 Å². The van der Waals surface area contributed by atoms with Gasteiger partial charge in [0.2, 0.25) is 5.91 Å². The summed E-state index contributed by atoms with van der Waals surface area (Å²) in [4.78, 5) is 25.9. The second-order valence-corrected chi connectivity index (χ2v) is 7.57. The van der Waals surface area contributed by atoms with Crippen molar-refractivity contribution in [3.63, 3.8) is 0 Å². The Morgan fingerprint density at radius 2 is 1.72 bits per heavy atom. The monoisotopic (exact) mass is 343 g/mol. The van der Waals surface area contributed by atoms with Gasteiger partial charge >= 0.3 is 5.97 Å². The van der Waals surface area contributed by atoms with E-state index in [1.54, 1.807) is 0 Å². The van der Waals surface area contributed by atoms with Gasteiger partial charge in [-0.3, -0.25) is 9.59 Å². The number of carbonyl (C=O) groups excluding carboxylic acids is 1. The van der Waals surface area contributed by atoms with E-state index in [2.05, 4.69) is 24.3 Å². The average Bonchev–Trinajstić information content (AvgIpc) is 2.67. The minimum atomic E-state index is -0.763. The van der Waals surface area contributed by atoms with Gasteiger partial charge in [-0.1, -0.05) is 30.3 Å². The number of amides is 1. The number of carboxylic acid groups (broad SMARTS) is 1. The van der Waals surface area contributed by atoms with Gasteiger partial charge < -0.3 is 10.0 Å². The molecule has 1 saturated carbocycles. The molecule has 1 aromatic carbocycles. The SMILES string of the molecule is O=C(O)CCC1CCCCN1C(=O)C1CCC(c2ccccc2)CC1. The van der Waals surface area contributed by atoms with Crippen LogP contribution in [0.3, 0.4) is 0 Å². The normalized spacial score (nSPS) is 27.0. The van der Waals surface area contributed by atoms with Gasteiger partial charge in [0.05, 0.1) is 0 Å². The van der Waals surface area contributed by atoms with Crippen molar-refractivity contribution in [3.05, 3.63) is 35.9 Å². The summed E-state index contributed by atoms with van der Waals surface area (Å²) in [6, 6.07) is 10.7. The van der Waals surface area contributed by atoms with Crippen LogP contribution in [0.2, 0.25) is 0 Å². The van der Waals surface area contributed by atoms with Gasteiger partial charge in [0.1, 0.15) is 0 Å². The molecule has 1 N–H and O–H groups in total. The van der Waals surface area contributed by atoms with E-state index in [-0.39, 0.29) is 24.3 Å². The molecule has 1 aliphatic heterocycles. The number of rotatable bonds is 5. The Morgan fingerprint density at radius 1 is 1.00 bits per heavy atom. The van der Waals surface area contributed by atoms with Crippen LogP contribution in [0.25, 0.3) is 0 Å². The van der Waals surface area contributed by atoms with Crippen molar-refractivity contribution < 1.29 is 14.7 Å². The van der Waals surface area contributed by atoms with Gasteiger partial charge in [0.25, 0.3) is 0 Å². The summed E-state index contributed by atoms with van der Waals surface area (Å²) in [6.07, 6.45) is 7.95. The van der Waals surface area contributed by atoms with E-state index in [0.29, 0.717) is 12.3 Å². The molecule has 0 spiro atoms. The molecule has 0 aromatic heterocycles. The van der Waals surface area contributed by atoms with Crippen LogP contribution in [0.4, 0.5) is 0 Å². The number of carbonyl (C=O) groups is 2. The van der Waals surface area contributed by atoms with Crippen LogP contribution < -0.4 is 0 Å². The van der Waals surface area contributed by atoms with Gasteiger partial charge in [0, 0.05) is 24.9 Å². The third-order valence-electron chi connectivity index (χ3n) is 5.95. The topological polar surface area (TPSA) is 57.6 Å². The molecule has 1 atom stereocenters. The molecule has 25 heavy (non-hydrogen) atoms. The Balaban J connectivity index is 1.56. The molecular weight excluding hydrogens is 314 g/mol. The molecule has 0 radical (unpaired) electrons. The first-order chi connectivity index (χ1) is 12.1. The van der Waals surface area contributed by atoms with Crippen molar-refractivity contribution in [2.75, 3.05) is 6.54 Å². The average molecular weight is 343 g/mol. The van der Waals surface area contributed by atoms with E-state index in [0.717, 1.165) is 51.5 Å². The van der Waals surface area contributed by atoms with Crippen LogP contribution in [-0.4, -0.2) is 34.5 Å². The first kappa shape index (κ1) is 18.0. The van der Waals surface area contributed by atoms with Crippen LogP contribution in [0.1, 0.15) is 69.3 Å². The number of nitrogens with zero attached hydrogens (tertiary/aromatic N) is 1. The summed E-state index contributed by atoms with van der Waals surface area (Å²) >= 11 is 0. The first-order valence-corrected chi connectivity index (χ1v) is 9.72. The molecule has 0 bridgehead atoms. The highest BCUT2D eigenvalue weighted by Crippen LogP contribution is 2.37. The van der Waals surface area contributed by atoms with Crippen molar-refractivity contribution in [2.24, 2.45) is 5.92 Å². The molecule has 2 fully saturated rings. The standard InChI is InChI=1S/C21H29NO3/c23-20(24)14-13-19-8-4-5-15-22(19)21(25)18-11-9-17(10-12-18)16-6-2-1-3-7-16/h1-3,6-7,17-19H,4-5,8-15H2,(H,23,24). The molecule has 1 unspecified atom stereocenters. The van der Waals surface area contributed by atoms with Gasteiger partial charge in [0.15, 0.2) is 0 Å². The number of hydrogen-bond donors (Lipinski definition) is 1. The van der Waals surface area contributed by atoms with Crippen LogP contribution in [0.15, 0.2) is 30.3 Å². The van der Waals surface area contributed by atoms with Gasteiger partial charge in [-0.05, 0) is 62.8 Å².